The van der Waals surface area contributed by atoms with Crippen molar-refractivity contribution in [3.8, 4) is 0 Å². The lowest BCUT2D eigenvalue weighted by molar-refractivity contribution is -0.125. The first-order valence-electron chi connectivity index (χ1n) is 8.05. The average Bonchev–Trinajstić information content (AvgIpc) is 2.55. The lowest BCUT2D eigenvalue weighted by atomic mass is 9.94. The quantitative estimate of drug-likeness (QED) is 0.862. The molecule has 1 aromatic carbocycles. The molecule has 0 spiro atoms. The average molecular weight is 284 g/mol. The first kappa shape index (κ1) is 14.3. The van der Waals surface area contributed by atoms with Crippen LogP contribution in [0.2, 0.25) is 0 Å². The smallest absolute Gasteiger partial charge is 0.223 e. The summed E-state index contributed by atoms with van der Waals surface area (Å²) in [6.07, 6.45) is 8.38. The highest BCUT2D eigenvalue weighted by molar-refractivity contribution is 5.78. The second-order valence-corrected chi connectivity index (χ2v) is 6.07. The van der Waals surface area contributed by atoms with Crippen molar-refractivity contribution in [3.05, 3.63) is 47.5 Å². The van der Waals surface area contributed by atoms with Gasteiger partial charge in [0.25, 0.3) is 0 Å². The fraction of sp³-hybridized carbons (Fsp3) is 0.500. The van der Waals surface area contributed by atoms with Crippen molar-refractivity contribution in [1.29, 1.82) is 0 Å². The highest BCUT2D eigenvalue weighted by Gasteiger charge is 2.19. The third-order valence-electron chi connectivity index (χ3n) is 4.58. The zero-order chi connectivity index (χ0) is 14.5. The van der Waals surface area contributed by atoms with Gasteiger partial charge in [0.2, 0.25) is 5.91 Å². The van der Waals surface area contributed by atoms with E-state index in [9.17, 15) is 4.79 Å². The minimum absolute atomic E-state index is 0.192. The number of carbonyl (C=O) groups is 1. The van der Waals surface area contributed by atoms with Crippen LogP contribution < -0.4 is 5.32 Å². The zero-order valence-electron chi connectivity index (χ0n) is 12.6. The van der Waals surface area contributed by atoms with Crippen LogP contribution >= 0.6 is 0 Å². The van der Waals surface area contributed by atoms with Gasteiger partial charge < -0.3 is 5.32 Å². The van der Waals surface area contributed by atoms with Crippen molar-refractivity contribution in [2.75, 3.05) is 19.6 Å². The summed E-state index contributed by atoms with van der Waals surface area (Å²) >= 11 is 0. The molecule has 0 aromatic heterocycles. The summed E-state index contributed by atoms with van der Waals surface area (Å²) in [6.45, 7) is 3.82. The van der Waals surface area contributed by atoms with Gasteiger partial charge in [-0.3, -0.25) is 9.69 Å². The molecule has 1 aromatic rings. The van der Waals surface area contributed by atoms with Gasteiger partial charge in [-0.1, -0.05) is 36.4 Å². The molecule has 0 saturated heterocycles. The molecule has 112 valence electrons. The van der Waals surface area contributed by atoms with Gasteiger partial charge >= 0.3 is 0 Å². The number of hydrogen-bond acceptors (Lipinski definition) is 2. The third kappa shape index (κ3) is 3.73. The molecule has 0 fully saturated rings. The van der Waals surface area contributed by atoms with E-state index < -0.39 is 0 Å². The Hall–Kier alpha value is -1.61. The summed E-state index contributed by atoms with van der Waals surface area (Å²) < 4.78 is 0. The molecule has 1 aliphatic carbocycles. The van der Waals surface area contributed by atoms with Crippen molar-refractivity contribution in [2.45, 2.75) is 32.2 Å². The fourth-order valence-electron chi connectivity index (χ4n) is 3.26. The molecule has 21 heavy (non-hydrogen) atoms. The van der Waals surface area contributed by atoms with Crippen LogP contribution in [0.1, 0.15) is 30.4 Å². The molecule has 1 N–H and O–H groups in total. The summed E-state index contributed by atoms with van der Waals surface area (Å²) in [5.74, 6) is 0.425. The number of fused-ring (bicyclic) bond motifs is 1. The minimum Gasteiger partial charge on any atom is -0.355 e. The molecule has 3 heteroatoms. The largest absolute Gasteiger partial charge is 0.355 e. The Morgan fingerprint density at radius 3 is 2.90 bits per heavy atom. The normalized spacial score (nSPS) is 21.8. The Morgan fingerprint density at radius 2 is 2.10 bits per heavy atom. The number of hydrogen-bond donors (Lipinski definition) is 1. The molecule has 1 amide bonds. The molecule has 3 nitrogen and oxygen atoms in total. The zero-order valence-corrected chi connectivity index (χ0v) is 12.6. The highest BCUT2D eigenvalue weighted by atomic mass is 16.1. The third-order valence-corrected chi connectivity index (χ3v) is 4.58. The van der Waals surface area contributed by atoms with E-state index >= 15 is 0 Å². The van der Waals surface area contributed by atoms with Gasteiger partial charge in [-0.2, -0.15) is 0 Å². The second kappa shape index (κ2) is 6.90. The molecular formula is C18H24N2O. The summed E-state index contributed by atoms with van der Waals surface area (Å²) in [7, 11) is 0. The van der Waals surface area contributed by atoms with Crippen LogP contribution in [0, 0.1) is 5.92 Å². The first-order valence-corrected chi connectivity index (χ1v) is 8.05. The Bertz CT molecular complexity index is 524. The number of rotatable bonds is 4. The molecule has 0 radical (unpaired) electrons. The summed E-state index contributed by atoms with van der Waals surface area (Å²) in [5, 5.41) is 3.11. The molecule has 1 heterocycles. The predicted molar refractivity (Wildman–Crippen MR) is 84.9 cm³/mol. The minimum atomic E-state index is 0.192. The number of allylic oxidation sites excluding steroid dienone is 2. The molecule has 3 rings (SSSR count). The number of carbonyl (C=O) groups excluding carboxylic acids is 1. The van der Waals surface area contributed by atoms with Gasteiger partial charge in [0, 0.05) is 32.1 Å². The second-order valence-electron chi connectivity index (χ2n) is 6.07. The molecule has 1 unspecified atom stereocenters. The number of amides is 1. The maximum absolute atomic E-state index is 12.1. The van der Waals surface area contributed by atoms with Crippen molar-refractivity contribution in [1.82, 2.24) is 10.2 Å². The van der Waals surface area contributed by atoms with Crippen LogP contribution in [0.15, 0.2) is 36.4 Å². The molecule has 0 bridgehead atoms. The van der Waals surface area contributed by atoms with Gasteiger partial charge in [0.1, 0.15) is 0 Å². The Balaban J connectivity index is 1.42. The van der Waals surface area contributed by atoms with Crippen LogP contribution in [-0.4, -0.2) is 30.4 Å². The van der Waals surface area contributed by atoms with E-state index in [0.29, 0.717) is 0 Å². The van der Waals surface area contributed by atoms with Gasteiger partial charge in [0.05, 0.1) is 0 Å². The number of nitrogens with zero attached hydrogens (tertiary/aromatic N) is 1. The molecule has 2 aliphatic rings. The van der Waals surface area contributed by atoms with E-state index in [-0.39, 0.29) is 11.8 Å². The van der Waals surface area contributed by atoms with E-state index in [1.807, 2.05) is 0 Å². The Kier molecular flexibility index (Phi) is 4.71. The van der Waals surface area contributed by atoms with Crippen molar-refractivity contribution < 1.29 is 4.79 Å². The standard InChI is InChI=1S/C18H24N2O/c21-18(16-7-2-1-3-8-16)19-11-13-20-12-10-15-6-4-5-9-17(15)14-20/h1-2,4-6,9,16H,3,7-8,10-14H2,(H,19,21). The van der Waals surface area contributed by atoms with Crippen LogP contribution in [0.25, 0.3) is 0 Å². The van der Waals surface area contributed by atoms with Crippen LogP contribution in [0.5, 0.6) is 0 Å². The molecule has 1 aliphatic heterocycles. The molecule has 0 saturated carbocycles. The summed E-state index contributed by atoms with van der Waals surface area (Å²) in [4.78, 5) is 14.5. The van der Waals surface area contributed by atoms with E-state index in [1.165, 1.54) is 11.1 Å². The van der Waals surface area contributed by atoms with E-state index in [2.05, 4.69) is 46.6 Å². The number of benzene rings is 1. The first-order chi connectivity index (χ1) is 10.3. The van der Waals surface area contributed by atoms with E-state index in [0.717, 1.165) is 51.9 Å². The maximum atomic E-state index is 12.1. The summed E-state index contributed by atoms with van der Waals surface area (Å²) in [5.41, 5.74) is 2.92. The number of nitrogens with one attached hydrogen (secondary N) is 1. The molecular weight excluding hydrogens is 260 g/mol. The predicted octanol–water partition coefficient (Wildman–Crippen LogP) is 2.52. The van der Waals surface area contributed by atoms with Crippen molar-refractivity contribution in [3.63, 3.8) is 0 Å². The maximum Gasteiger partial charge on any atom is 0.223 e. The highest BCUT2D eigenvalue weighted by Crippen LogP contribution is 2.19. The summed E-state index contributed by atoms with van der Waals surface area (Å²) in [6, 6.07) is 8.67. The Labute approximate surface area is 127 Å². The topological polar surface area (TPSA) is 32.3 Å². The van der Waals surface area contributed by atoms with Gasteiger partial charge in [-0.25, -0.2) is 0 Å². The van der Waals surface area contributed by atoms with Gasteiger partial charge in [-0.05, 0) is 36.8 Å². The van der Waals surface area contributed by atoms with Crippen LogP contribution in [0.4, 0.5) is 0 Å². The monoisotopic (exact) mass is 284 g/mol. The Morgan fingerprint density at radius 1 is 1.24 bits per heavy atom. The van der Waals surface area contributed by atoms with Crippen molar-refractivity contribution >= 4 is 5.91 Å². The lowest BCUT2D eigenvalue weighted by Crippen LogP contribution is -2.39. The van der Waals surface area contributed by atoms with Crippen LogP contribution in [0.3, 0.4) is 0 Å². The fourth-order valence-corrected chi connectivity index (χ4v) is 3.26. The van der Waals surface area contributed by atoms with Crippen LogP contribution in [-0.2, 0) is 17.8 Å². The van der Waals surface area contributed by atoms with E-state index in [1.54, 1.807) is 0 Å². The van der Waals surface area contributed by atoms with Gasteiger partial charge in [-0.15, -0.1) is 0 Å². The van der Waals surface area contributed by atoms with E-state index in [4.69, 9.17) is 0 Å². The lowest BCUT2D eigenvalue weighted by Gasteiger charge is -2.29. The molecule has 1 atom stereocenters. The van der Waals surface area contributed by atoms with Crippen molar-refractivity contribution in [2.24, 2.45) is 5.92 Å². The van der Waals surface area contributed by atoms with Gasteiger partial charge in [0.15, 0.2) is 0 Å². The SMILES string of the molecule is O=C(NCCN1CCc2ccccc2C1)C1CC=CCC1.